The van der Waals surface area contributed by atoms with Crippen LogP contribution in [0.2, 0.25) is 10.0 Å². The Hall–Kier alpha value is -7.48. The van der Waals surface area contributed by atoms with Gasteiger partial charge in [0, 0.05) is 44.1 Å². The van der Waals surface area contributed by atoms with Gasteiger partial charge in [-0.05, 0) is 108 Å². The minimum atomic E-state index is -4.70. The van der Waals surface area contributed by atoms with Crippen LogP contribution in [0.1, 0.15) is 44.5 Å². The van der Waals surface area contributed by atoms with Crippen molar-refractivity contribution < 1.29 is 64.6 Å². The van der Waals surface area contributed by atoms with Crippen molar-refractivity contribution in [3.05, 3.63) is 209 Å². The van der Waals surface area contributed by atoms with E-state index < -0.39 is 82.7 Å². The maximum Gasteiger partial charge on any atom is 2.00 e. The number of rotatable bonds is 12. The second-order valence-corrected chi connectivity index (χ2v) is 17.6. The van der Waals surface area contributed by atoms with Crippen molar-refractivity contribution in [2.75, 3.05) is 10.6 Å². The molecule has 2 heterocycles. The smallest absolute Gasteiger partial charge is 0.545 e. The Balaban J connectivity index is 0.000000246. The van der Waals surface area contributed by atoms with E-state index in [1.807, 2.05) is 0 Å². The van der Waals surface area contributed by atoms with E-state index in [9.17, 15) is 65.3 Å². The van der Waals surface area contributed by atoms with E-state index in [2.05, 4.69) is 10.6 Å². The van der Waals surface area contributed by atoms with E-state index in [4.69, 9.17) is 32.0 Å². The topological polar surface area (TPSA) is 199 Å². The summed E-state index contributed by atoms with van der Waals surface area (Å²) in [6.45, 7) is 3.46. The number of alkyl halides is 6. The van der Waals surface area contributed by atoms with Crippen LogP contribution in [0.25, 0.3) is 56.3 Å². The number of carbonyl (C=O) groups excluding carboxylic acids is 4. The summed E-state index contributed by atoms with van der Waals surface area (Å²) in [5.41, 5.74) is -0.878. The number of fused-ring (bicyclic) bond motifs is 2. The van der Waals surface area contributed by atoms with E-state index in [1.165, 1.54) is 48.6 Å². The molecule has 2 aromatic heterocycles. The quantitative estimate of drug-likeness (QED) is 0.0514. The molecule has 6 aromatic carbocycles. The number of carbonyl (C=O) groups is 4. The molecule has 0 radical (unpaired) electrons. The second kappa shape index (κ2) is 24.7. The Morgan fingerprint density at radius 2 is 0.909 bits per heavy atom. The largest absolute Gasteiger partial charge is 2.00 e. The summed E-state index contributed by atoms with van der Waals surface area (Å²) < 4.78 is 91.2. The van der Waals surface area contributed by atoms with Crippen LogP contribution in [-0.2, 0) is 44.4 Å². The molecule has 0 saturated carbocycles. The SMILES string of the molecule is Cc1cc2c(-c3cccc(/C=C/C(=O)[O-])c3)c(CC(=O)Nc3ccccc3C(F)(F)F)c(=O)oc2cc1Cl.Cc1cc2c(-c3cccc(/C=C/C(=O)[O-])c3)c(CC(=O)Nc3ccccc3C(F)(F)F)c(=O)oc2cc1Cl.[Ca+2]. The van der Waals surface area contributed by atoms with Crippen LogP contribution < -0.4 is 32.1 Å². The number of aryl methyl sites for hydroxylation is 2. The molecular weight excluding hydrogens is 1090 g/mol. The van der Waals surface area contributed by atoms with Crippen molar-refractivity contribution in [3.63, 3.8) is 0 Å². The van der Waals surface area contributed by atoms with Crippen LogP contribution >= 0.6 is 23.2 Å². The fourth-order valence-electron chi connectivity index (χ4n) is 8.03. The van der Waals surface area contributed by atoms with Gasteiger partial charge >= 0.3 is 61.3 Å². The maximum atomic E-state index is 13.4. The molecule has 0 unspecified atom stereocenters. The number of anilines is 2. The first-order valence-electron chi connectivity index (χ1n) is 22.3. The van der Waals surface area contributed by atoms with Crippen molar-refractivity contribution in [3.8, 4) is 22.3 Å². The Morgan fingerprint density at radius 1 is 0.545 bits per heavy atom. The number of amides is 2. The van der Waals surface area contributed by atoms with Gasteiger partial charge < -0.3 is 39.3 Å². The molecule has 2 N–H and O–H groups in total. The molecule has 21 heteroatoms. The number of hydrogen-bond acceptors (Lipinski definition) is 10. The summed E-state index contributed by atoms with van der Waals surface area (Å²) in [4.78, 5) is 73.7. The third-order valence-electron chi connectivity index (χ3n) is 11.4. The summed E-state index contributed by atoms with van der Waals surface area (Å²) in [5, 5.41) is 27.7. The zero-order valence-electron chi connectivity index (χ0n) is 40.1. The van der Waals surface area contributed by atoms with Gasteiger partial charge in [-0.15, -0.1) is 0 Å². The summed E-state index contributed by atoms with van der Waals surface area (Å²) in [5.74, 6) is -4.53. The molecule has 0 atom stereocenters. The summed E-state index contributed by atoms with van der Waals surface area (Å²) >= 11 is 12.4. The average Bonchev–Trinajstić information content (AvgIpc) is 3.38. The number of carboxylic acids is 2. The van der Waals surface area contributed by atoms with Crippen LogP contribution in [0.3, 0.4) is 0 Å². The monoisotopic (exact) mass is 1120 g/mol. The average molecular weight is 1120 g/mol. The van der Waals surface area contributed by atoms with Gasteiger partial charge in [-0.25, -0.2) is 9.59 Å². The standard InChI is InChI=1S/2C28H19ClF3NO5.Ca/c2*1-15-11-18-23(14-21(15)29)38-27(37)19(26(18)17-6-4-5-16(12-17)9-10-25(35)36)13-24(34)33-22-8-3-2-7-20(22)28(30,31)32;/h2*2-12,14H,13H2,1H3,(H,33,34)(H,35,36);/q;;+2/p-2/b2*10-9+;. The molecule has 2 amide bonds. The number of benzene rings is 6. The summed E-state index contributed by atoms with van der Waals surface area (Å²) in [6.07, 6.45) is -6.31. The van der Waals surface area contributed by atoms with Gasteiger partial charge in [0.15, 0.2) is 0 Å². The van der Waals surface area contributed by atoms with E-state index in [1.54, 1.807) is 74.5 Å². The fourth-order valence-corrected chi connectivity index (χ4v) is 8.34. The summed E-state index contributed by atoms with van der Waals surface area (Å²) in [6, 6.07) is 28.2. The third-order valence-corrected chi connectivity index (χ3v) is 12.2. The van der Waals surface area contributed by atoms with E-state index in [0.29, 0.717) is 65.3 Å². The van der Waals surface area contributed by atoms with E-state index in [-0.39, 0.29) is 60.0 Å². The second-order valence-electron chi connectivity index (χ2n) is 16.8. The van der Waals surface area contributed by atoms with Crippen molar-refractivity contribution in [1.29, 1.82) is 0 Å². The molecule has 8 rings (SSSR count). The predicted octanol–water partition coefficient (Wildman–Crippen LogP) is 10.4. The zero-order chi connectivity index (χ0) is 55.2. The van der Waals surface area contributed by atoms with Gasteiger partial charge in [-0.2, -0.15) is 26.3 Å². The molecule has 0 saturated heterocycles. The van der Waals surface area contributed by atoms with E-state index >= 15 is 0 Å². The van der Waals surface area contributed by atoms with Gasteiger partial charge in [-0.1, -0.05) is 96.0 Å². The van der Waals surface area contributed by atoms with E-state index in [0.717, 1.165) is 36.4 Å². The molecule has 0 aliphatic heterocycles. The molecular formula is C56H36CaCl2F6N2O10. The zero-order valence-corrected chi connectivity index (χ0v) is 43.8. The van der Waals surface area contributed by atoms with Crippen LogP contribution in [0, 0.1) is 13.8 Å². The first-order chi connectivity index (χ1) is 35.9. The van der Waals surface area contributed by atoms with Crippen molar-refractivity contribution in [2.24, 2.45) is 0 Å². The van der Waals surface area contributed by atoms with Crippen LogP contribution in [-0.4, -0.2) is 61.5 Å². The molecule has 0 aliphatic rings. The normalized spacial score (nSPS) is 11.6. The molecule has 12 nitrogen and oxygen atoms in total. The number of hydrogen-bond donors (Lipinski definition) is 2. The molecule has 77 heavy (non-hydrogen) atoms. The third kappa shape index (κ3) is 14.5. The van der Waals surface area contributed by atoms with Gasteiger partial charge in [0.2, 0.25) is 11.8 Å². The van der Waals surface area contributed by atoms with Gasteiger partial charge in [0.05, 0.1) is 58.4 Å². The molecule has 0 aliphatic carbocycles. The number of aliphatic carboxylic acids is 2. The Kier molecular flexibility index (Phi) is 18.8. The van der Waals surface area contributed by atoms with Crippen molar-refractivity contribution >= 4 is 130 Å². The Bertz CT molecular complexity index is 3570. The molecule has 388 valence electrons. The number of para-hydroxylation sites is 2. The van der Waals surface area contributed by atoms with Crippen LogP contribution in [0.4, 0.5) is 37.7 Å². The summed E-state index contributed by atoms with van der Waals surface area (Å²) in [7, 11) is 0. The minimum absolute atomic E-state index is 0. The van der Waals surface area contributed by atoms with Gasteiger partial charge in [-0.3, -0.25) is 9.59 Å². The van der Waals surface area contributed by atoms with Gasteiger partial charge in [0.25, 0.3) is 0 Å². The number of halogens is 8. The van der Waals surface area contributed by atoms with Crippen LogP contribution in [0.5, 0.6) is 0 Å². The molecule has 0 fully saturated rings. The Morgan fingerprint density at radius 3 is 1.26 bits per heavy atom. The fraction of sp³-hybridized carbons (Fsp3) is 0.107. The van der Waals surface area contributed by atoms with Gasteiger partial charge in [0.1, 0.15) is 11.2 Å². The van der Waals surface area contributed by atoms with Crippen molar-refractivity contribution in [1.82, 2.24) is 0 Å². The first kappa shape index (κ1) is 58.8. The number of carboxylic acid groups (broad SMARTS) is 2. The number of nitrogens with one attached hydrogen (secondary N) is 2. The molecule has 0 spiro atoms. The Labute approximate surface area is 472 Å². The maximum absolute atomic E-state index is 13.4. The first-order valence-corrected chi connectivity index (χ1v) is 23.1. The van der Waals surface area contributed by atoms with Crippen LogP contribution in [0.15, 0.2) is 152 Å². The predicted molar refractivity (Wildman–Crippen MR) is 277 cm³/mol. The molecule has 0 bridgehead atoms. The molecule has 8 aromatic rings. The minimum Gasteiger partial charge on any atom is -0.545 e. The van der Waals surface area contributed by atoms with Crippen molar-refractivity contribution in [2.45, 2.75) is 39.0 Å².